The van der Waals surface area contributed by atoms with E-state index in [2.05, 4.69) is 11.8 Å². The van der Waals surface area contributed by atoms with Gasteiger partial charge >= 0.3 is 5.97 Å². The highest BCUT2D eigenvalue weighted by molar-refractivity contribution is 6.32. The van der Waals surface area contributed by atoms with Crippen molar-refractivity contribution in [3.63, 3.8) is 0 Å². The molecule has 214 valence electrons. The van der Waals surface area contributed by atoms with Crippen LogP contribution >= 0.6 is 11.6 Å². The molecule has 0 spiro atoms. The monoisotopic (exact) mass is 579 g/mol. The molecule has 0 amide bonds. The summed E-state index contributed by atoms with van der Waals surface area (Å²) < 4.78 is 34.2. The van der Waals surface area contributed by atoms with Crippen molar-refractivity contribution in [1.29, 1.82) is 0 Å². The molecule has 3 aromatic carbocycles. The standard InChI is InChI=1S/C31H31ClFN3O5/c1-18-24-14-27(41-17-19-3-5-21(39-2)6-4-19)25(32)13-20(24)9-11-35(18)16-28-34-26-8-7-23(31(37)38)29(33)30(26)36(28)15-22-10-12-40-22/h3-8,13-14,18,22H,9-12,15-17H2,1-2H3,(H,37,38)/t18-,22-/m0/s1. The van der Waals surface area contributed by atoms with Gasteiger partial charge in [-0.2, -0.15) is 0 Å². The number of hydrogen-bond donors (Lipinski definition) is 1. The molecule has 10 heteroatoms. The Labute approximate surface area is 242 Å². The van der Waals surface area contributed by atoms with Crippen LogP contribution in [0.15, 0.2) is 48.5 Å². The largest absolute Gasteiger partial charge is 0.497 e. The van der Waals surface area contributed by atoms with Gasteiger partial charge in [-0.25, -0.2) is 14.2 Å². The van der Waals surface area contributed by atoms with Crippen molar-refractivity contribution in [2.24, 2.45) is 0 Å². The fourth-order valence-corrected chi connectivity index (χ4v) is 5.85. The summed E-state index contributed by atoms with van der Waals surface area (Å²) in [5, 5.41) is 10.1. The van der Waals surface area contributed by atoms with Crippen molar-refractivity contribution in [3.8, 4) is 11.5 Å². The summed E-state index contributed by atoms with van der Waals surface area (Å²) in [5.74, 6) is 0.0139. The van der Waals surface area contributed by atoms with Crippen LogP contribution in [-0.2, 0) is 30.9 Å². The number of carbonyl (C=O) groups is 1. The SMILES string of the molecule is COc1ccc(COc2cc3c(cc2Cl)CCN(Cc2nc4ccc(C(=O)O)c(F)c4n2C[C@@H]2CCO2)[C@H]3C)cc1. The Kier molecular flexibility index (Phi) is 7.59. The smallest absolute Gasteiger partial charge is 0.338 e. The van der Waals surface area contributed by atoms with Gasteiger partial charge in [-0.3, -0.25) is 4.90 Å². The number of carboxylic acid groups (broad SMARTS) is 1. The van der Waals surface area contributed by atoms with Crippen LogP contribution in [0.5, 0.6) is 11.5 Å². The molecule has 0 unspecified atom stereocenters. The Bertz CT molecular complexity index is 1600. The number of hydrogen-bond acceptors (Lipinski definition) is 6. The molecule has 0 saturated carbocycles. The Balaban J connectivity index is 1.26. The first-order valence-corrected chi connectivity index (χ1v) is 14.0. The lowest BCUT2D eigenvalue weighted by atomic mass is 9.93. The topological polar surface area (TPSA) is 86.0 Å². The van der Waals surface area contributed by atoms with E-state index in [0.717, 1.165) is 36.3 Å². The molecule has 1 saturated heterocycles. The third-order valence-corrected chi connectivity index (χ3v) is 8.39. The van der Waals surface area contributed by atoms with Gasteiger partial charge < -0.3 is 23.9 Å². The number of halogens is 2. The highest BCUT2D eigenvalue weighted by atomic mass is 35.5. The fourth-order valence-electron chi connectivity index (χ4n) is 5.61. The molecule has 8 nitrogen and oxygen atoms in total. The predicted molar refractivity (Wildman–Crippen MR) is 152 cm³/mol. The first kappa shape index (κ1) is 27.5. The average molecular weight is 580 g/mol. The second-order valence-electron chi connectivity index (χ2n) is 10.5. The maximum Gasteiger partial charge on any atom is 0.338 e. The number of benzene rings is 3. The van der Waals surface area contributed by atoms with Crippen LogP contribution in [-0.4, -0.2) is 51.9 Å². The van der Waals surface area contributed by atoms with E-state index in [1.165, 1.54) is 11.6 Å². The molecule has 1 aromatic heterocycles. The Morgan fingerprint density at radius 3 is 2.68 bits per heavy atom. The molecule has 1 N–H and O–H groups in total. The molecular weight excluding hydrogens is 549 g/mol. The number of aromatic nitrogens is 2. The van der Waals surface area contributed by atoms with E-state index in [9.17, 15) is 9.90 Å². The lowest BCUT2D eigenvalue weighted by Gasteiger charge is -2.36. The zero-order valence-electron chi connectivity index (χ0n) is 22.9. The Morgan fingerprint density at radius 1 is 1.22 bits per heavy atom. The summed E-state index contributed by atoms with van der Waals surface area (Å²) >= 11 is 6.61. The van der Waals surface area contributed by atoms with Gasteiger partial charge in [0.2, 0.25) is 0 Å². The Morgan fingerprint density at radius 2 is 2.00 bits per heavy atom. The summed E-state index contributed by atoms with van der Waals surface area (Å²) in [4.78, 5) is 18.7. The van der Waals surface area contributed by atoms with E-state index in [1.54, 1.807) is 17.7 Å². The average Bonchev–Trinajstić information content (AvgIpc) is 3.29. The van der Waals surface area contributed by atoms with Crippen molar-refractivity contribution in [1.82, 2.24) is 14.5 Å². The summed E-state index contributed by atoms with van der Waals surface area (Å²) in [6, 6.07) is 14.6. The summed E-state index contributed by atoms with van der Waals surface area (Å²) in [5.41, 5.74) is 3.58. The lowest BCUT2D eigenvalue weighted by Crippen LogP contribution is -2.36. The van der Waals surface area contributed by atoms with Crippen molar-refractivity contribution in [2.75, 3.05) is 20.3 Å². The van der Waals surface area contributed by atoms with E-state index in [0.29, 0.717) is 48.4 Å². The maximum absolute atomic E-state index is 15.4. The lowest BCUT2D eigenvalue weighted by molar-refractivity contribution is -0.0593. The van der Waals surface area contributed by atoms with E-state index >= 15 is 4.39 Å². The van der Waals surface area contributed by atoms with Crippen LogP contribution in [0, 0.1) is 5.82 Å². The quantitative estimate of drug-likeness (QED) is 0.259. The molecule has 1 fully saturated rings. The van der Waals surface area contributed by atoms with Gasteiger partial charge in [0.05, 0.1) is 42.4 Å². The van der Waals surface area contributed by atoms with Crippen molar-refractivity contribution >= 4 is 28.6 Å². The third kappa shape index (κ3) is 5.37. The van der Waals surface area contributed by atoms with E-state index < -0.39 is 11.8 Å². The van der Waals surface area contributed by atoms with Crippen LogP contribution in [0.25, 0.3) is 11.0 Å². The molecule has 2 aliphatic rings. The minimum atomic E-state index is -1.30. The number of rotatable bonds is 9. The maximum atomic E-state index is 15.4. The van der Waals surface area contributed by atoms with Crippen LogP contribution in [0.2, 0.25) is 5.02 Å². The molecule has 0 aliphatic carbocycles. The molecule has 41 heavy (non-hydrogen) atoms. The van der Waals surface area contributed by atoms with Gasteiger partial charge in [-0.05, 0) is 72.9 Å². The van der Waals surface area contributed by atoms with Gasteiger partial charge in [0.15, 0.2) is 5.82 Å². The third-order valence-electron chi connectivity index (χ3n) is 8.09. The minimum Gasteiger partial charge on any atom is -0.497 e. The molecule has 2 atom stereocenters. The van der Waals surface area contributed by atoms with Gasteiger partial charge in [0.25, 0.3) is 0 Å². The zero-order chi connectivity index (χ0) is 28.7. The van der Waals surface area contributed by atoms with Crippen molar-refractivity contribution in [3.05, 3.63) is 87.4 Å². The number of ether oxygens (including phenoxy) is 3. The van der Waals surface area contributed by atoms with Gasteiger partial charge in [-0.15, -0.1) is 0 Å². The van der Waals surface area contributed by atoms with Crippen LogP contribution in [0.1, 0.15) is 52.3 Å². The predicted octanol–water partition coefficient (Wildman–Crippen LogP) is 6.02. The fraction of sp³-hybridized carbons (Fsp3) is 0.355. The van der Waals surface area contributed by atoms with E-state index in [-0.39, 0.29) is 23.2 Å². The molecule has 2 aliphatic heterocycles. The summed E-state index contributed by atoms with van der Waals surface area (Å²) in [6.45, 7) is 4.82. The number of fused-ring (bicyclic) bond motifs is 2. The summed E-state index contributed by atoms with van der Waals surface area (Å²) in [6.07, 6.45) is 1.61. The highest BCUT2D eigenvalue weighted by Crippen LogP contribution is 2.38. The molecule has 3 heterocycles. The van der Waals surface area contributed by atoms with E-state index in [4.69, 9.17) is 30.8 Å². The molecule has 4 aromatic rings. The number of carboxylic acids is 1. The first-order valence-electron chi connectivity index (χ1n) is 13.7. The van der Waals surface area contributed by atoms with Gasteiger partial charge in [0.1, 0.15) is 29.4 Å². The van der Waals surface area contributed by atoms with Gasteiger partial charge in [0, 0.05) is 19.2 Å². The minimum absolute atomic E-state index is 0.0204. The number of imidazole rings is 1. The molecule has 6 rings (SSSR count). The van der Waals surface area contributed by atoms with Crippen LogP contribution in [0.4, 0.5) is 4.39 Å². The molecule has 0 bridgehead atoms. The Hall–Kier alpha value is -3.66. The van der Waals surface area contributed by atoms with E-state index in [1.807, 2.05) is 36.4 Å². The number of aromatic carboxylic acids is 1. The second kappa shape index (κ2) is 11.3. The highest BCUT2D eigenvalue weighted by Gasteiger charge is 2.30. The zero-order valence-corrected chi connectivity index (χ0v) is 23.7. The first-order chi connectivity index (χ1) is 19.8. The van der Waals surface area contributed by atoms with Crippen molar-refractivity contribution < 1.29 is 28.5 Å². The normalized spacial score (nSPS) is 18.6. The van der Waals surface area contributed by atoms with Crippen LogP contribution in [0.3, 0.4) is 0 Å². The second-order valence-corrected chi connectivity index (χ2v) is 10.9. The number of methoxy groups -OCH3 is 1. The molecule has 0 radical (unpaired) electrons. The van der Waals surface area contributed by atoms with Crippen LogP contribution < -0.4 is 9.47 Å². The molecular formula is C31H31ClFN3O5. The number of nitrogens with zero attached hydrogens (tertiary/aromatic N) is 3. The van der Waals surface area contributed by atoms with Crippen molar-refractivity contribution in [2.45, 2.75) is 51.6 Å². The van der Waals surface area contributed by atoms with Gasteiger partial charge in [-0.1, -0.05) is 23.7 Å². The summed E-state index contributed by atoms with van der Waals surface area (Å²) in [7, 11) is 1.63.